The van der Waals surface area contributed by atoms with Crippen LogP contribution in [-0.2, 0) is 0 Å². The van der Waals surface area contributed by atoms with Gasteiger partial charge in [0.1, 0.15) is 17.2 Å². The minimum atomic E-state index is -0.623. The fraction of sp³-hybridized carbons (Fsp3) is 0.214. The molecule has 0 saturated heterocycles. The number of fused-ring (bicyclic) bond motifs is 1. The summed E-state index contributed by atoms with van der Waals surface area (Å²) in [7, 11) is 1.55. The van der Waals surface area contributed by atoms with E-state index in [2.05, 4.69) is 0 Å². The van der Waals surface area contributed by atoms with Crippen molar-refractivity contribution in [3.8, 4) is 17.2 Å². The molecule has 0 saturated carbocycles. The van der Waals surface area contributed by atoms with E-state index in [1.54, 1.807) is 19.2 Å². The summed E-state index contributed by atoms with van der Waals surface area (Å²) in [5, 5.41) is 1.82. The molecule has 5 heteroatoms. The van der Waals surface area contributed by atoms with Crippen molar-refractivity contribution in [2.24, 2.45) is 0 Å². The van der Waals surface area contributed by atoms with E-state index >= 15 is 0 Å². The molecule has 2 heterocycles. The van der Waals surface area contributed by atoms with Crippen LogP contribution in [0.5, 0.6) is 17.2 Å². The Morgan fingerprint density at radius 2 is 2.11 bits per heavy atom. The van der Waals surface area contributed by atoms with E-state index < -0.39 is 6.10 Å². The van der Waals surface area contributed by atoms with Gasteiger partial charge in [-0.3, -0.25) is 4.79 Å². The van der Waals surface area contributed by atoms with Gasteiger partial charge < -0.3 is 14.2 Å². The molecular weight excluding hydrogens is 264 g/mol. The monoisotopic (exact) mass is 276 g/mol. The highest BCUT2D eigenvalue weighted by Gasteiger charge is 2.30. The van der Waals surface area contributed by atoms with Gasteiger partial charge in [-0.25, -0.2) is 0 Å². The third-order valence-corrected chi connectivity index (χ3v) is 3.78. The molecule has 0 bridgehead atoms. The predicted molar refractivity (Wildman–Crippen MR) is 71.6 cm³/mol. The summed E-state index contributed by atoms with van der Waals surface area (Å²) >= 11 is 1.35. The summed E-state index contributed by atoms with van der Waals surface area (Å²) in [5.74, 6) is 1.74. The van der Waals surface area contributed by atoms with Gasteiger partial charge >= 0.3 is 0 Å². The van der Waals surface area contributed by atoms with Crippen molar-refractivity contribution in [1.29, 1.82) is 0 Å². The van der Waals surface area contributed by atoms with Crippen LogP contribution in [0.15, 0.2) is 35.7 Å². The Bertz CT molecular complexity index is 605. The third-order valence-electron chi connectivity index (χ3n) is 2.87. The summed E-state index contributed by atoms with van der Waals surface area (Å²) in [5.41, 5.74) is 0. The van der Waals surface area contributed by atoms with E-state index in [-0.39, 0.29) is 12.4 Å². The first-order valence-electron chi connectivity index (χ1n) is 5.84. The van der Waals surface area contributed by atoms with E-state index in [9.17, 15) is 4.79 Å². The van der Waals surface area contributed by atoms with Crippen LogP contribution in [0.2, 0.25) is 0 Å². The predicted octanol–water partition coefficient (Wildman–Crippen LogP) is 2.78. The topological polar surface area (TPSA) is 44.8 Å². The second kappa shape index (κ2) is 4.93. The lowest BCUT2D eigenvalue weighted by molar-refractivity contribution is 0.0587. The van der Waals surface area contributed by atoms with Gasteiger partial charge in [0.2, 0.25) is 5.78 Å². The van der Waals surface area contributed by atoms with Gasteiger partial charge in [0.15, 0.2) is 17.6 Å². The van der Waals surface area contributed by atoms with Crippen molar-refractivity contribution < 1.29 is 19.0 Å². The van der Waals surface area contributed by atoms with Gasteiger partial charge in [-0.2, -0.15) is 0 Å². The number of benzene rings is 1. The molecule has 4 nitrogen and oxygen atoms in total. The molecule has 0 spiro atoms. The molecule has 1 atom stereocenters. The number of thiophene rings is 1. The first-order valence-corrected chi connectivity index (χ1v) is 6.71. The number of carbonyl (C=O) groups is 1. The largest absolute Gasteiger partial charge is 0.495 e. The lowest BCUT2D eigenvalue weighted by atomic mass is 10.1. The molecule has 1 unspecified atom stereocenters. The van der Waals surface area contributed by atoms with Crippen molar-refractivity contribution in [3.63, 3.8) is 0 Å². The Balaban J connectivity index is 1.83. The molecule has 98 valence electrons. The van der Waals surface area contributed by atoms with Crippen LogP contribution >= 0.6 is 11.3 Å². The summed E-state index contributed by atoms with van der Waals surface area (Å²) in [6.07, 6.45) is -0.623. The Morgan fingerprint density at radius 3 is 2.89 bits per heavy atom. The SMILES string of the molecule is COc1ccsc1C(=O)C1COc2ccccc2O1. The Labute approximate surface area is 114 Å². The molecule has 19 heavy (non-hydrogen) atoms. The lowest BCUT2D eigenvalue weighted by Crippen LogP contribution is -2.36. The molecule has 0 amide bonds. The summed E-state index contributed by atoms with van der Waals surface area (Å²) in [6, 6.07) is 9.10. The van der Waals surface area contributed by atoms with Gasteiger partial charge in [-0.1, -0.05) is 12.1 Å². The average Bonchev–Trinajstić information content (AvgIpc) is 2.94. The Hall–Kier alpha value is -2.01. The number of hydrogen-bond acceptors (Lipinski definition) is 5. The molecular formula is C14H12O4S. The van der Waals surface area contributed by atoms with E-state index in [0.29, 0.717) is 22.1 Å². The van der Waals surface area contributed by atoms with Gasteiger partial charge in [0, 0.05) is 0 Å². The molecule has 1 aliphatic rings. The standard InChI is InChI=1S/C14H12O4S/c1-16-11-6-7-19-14(11)13(15)12-8-17-9-4-2-3-5-10(9)18-12/h2-7,12H,8H2,1H3. The van der Waals surface area contributed by atoms with Gasteiger partial charge in [0.05, 0.1) is 7.11 Å². The molecule has 0 aliphatic carbocycles. The lowest BCUT2D eigenvalue weighted by Gasteiger charge is -2.25. The van der Waals surface area contributed by atoms with Crippen LogP contribution in [0.1, 0.15) is 9.67 Å². The van der Waals surface area contributed by atoms with Crippen LogP contribution in [0, 0.1) is 0 Å². The maximum atomic E-state index is 12.4. The quantitative estimate of drug-likeness (QED) is 0.809. The van der Waals surface area contributed by atoms with E-state index in [0.717, 1.165) is 0 Å². The van der Waals surface area contributed by atoms with Gasteiger partial charge in [-0.15, -0.1) is 11.3 Å². The van der Waals surface area contributed by atoms with Crippen LogP contribution in [0.4, 0.5) is 0 Å². The zero-order valence-corrected chi connectivity index (χ0v) is 11.1. The molecule has 1 aromatic heterocycles. The van der Waals surface area contributed by atoms with E-state index in [4.69, 9.17) is 14.2 Å². The van der Waals surface area contributed by atoms with Crippen LogP contribution in [0.3, 0.4) is 0 Å². The van der Waals surface area contributed by atoms with Crippen molar-refractivity contribution >= 4 is 17.1 Å². The zero-order chi connectivity index (χ0) is 13.2. The number of methoxy groups -OCH3 is 1. The minimum absolute atomic E-state index is 0.110. The Kier molecular flexibility index (Phi) is 3.13. The molecule has 3 rings (SSSR count). The maximum Gasteiger partial charge on any atom is 0.220 e. The number of ketones is 1. The minimum Gasteiger partial charge on any atom is -0.495 e. The molecule has 1 aromatic carbocycles. The van der Waals surface area contributed by atoms with Crippen molar-refractivity contribution in [3.05, 3.63) is 40.6 Å². The fourth-order valence-electron chi connectivity index (χ4n) is 1.93. The second-order valence-electron chi connectivity index (χ2n) is 4.05. The highest BCUT2D eigenvalue weighted by molar-refractivity contribution is 7.12. The van der Waals surface area contributed by atoms with Gasteiger partial charge in [0.25, 0.3) is 0 Å². The number of rotatable bonds is 3. The molecule has 2 aromatic rings. The number of ether oxygens (including phenoxy) is 3. The van der Waals surface area contributed by atoms with Crippen molar-refractivity contribution in [2.45, 2.75) is 6.10 Å². The summed E-state index contributed by atoms with van der Waals surface area (Å²) in [6.45, 7) is 0.219. The first kappa shape index (κ1) is 12.0. The number of carbonyl (C=O) groups excluding carboxylic acids is 1. The van der Waals surface area contributed by atoms with Gasteiger partial charge in [-0.05, 0) is 23.6 Å². The fourth-order valence-corrected chi connectivity index (χ4v) is 2.78. The van der Waals surface area contributed by atoms with Crippen LogP contribution < -0.4 is 14.2 Å². The number of hydrogen-bond donors (Lipinski definition) is 0. The van der Waals surface area contributed by atoms with Crippen LogP contribution in [-0.4, -0.2) is 25.6 Å². The molecule has 0 fully saturated rings. The van der Waals surface area contributed by atoms with E-state index in [1.807, 2.05) is 23.6 Å². The summed E-state index contributed by atoms with van der Waals surface area (Å²) < 4.78 is 16.4. The van der Waals surface area contributed by atoms with Crippen molar-refractivity contribution in [2.75, 3.05) is 13.7 Å². The number of Topliss-reactive ketones (excluding diaryl/α,β-unsaturated/α-hetero) is 1. The zero-order valence-electron chi connectivity index (χ0n) is 10.3. The molecule has 1 aliphatic heterocycles. The summed E-state index contributed by atoms with van der Waals surface area (Å²) in [4.78, 5) is 12.9. The normalized spacial score (nSPS) is 17.0. The third kappa shape index (κ3) is 2.17. The van der Waals surface area contributed by atoms with E-state index in [1.165, 1.54) is 11.3 Å². The highest BCUT2D eigenvalue weighted by atomic mass is 32.1. The second-order valence-corrected chi connectivity index (χ2v) is 4.96. The first-order chi connectivity index (χ1) is 9.29. The maximum absolute atomic E-state index is 12.4. The molecule has 0 N–H and O–H groups in total. The van der Waals surface area contributed by atoms with Crippen molar-refractivity contribution in [1.82, 2.24) is 0 Å². The van der Waals surface area contributed by atoms with Crippen LogP contribution in [0.25, 0.3) is 0 Å². The smallest absolute Gasteiger partial charge is 0.220 e. The highest BCUT2D eigenvalue weighted by Crippen LogP contribution is 2.33. The Morgan fingerprint density at radius 1 is 1.32 bits per heavy atom. The molecule has 0 radical (unpaired) electrons. The number of para-hydroxylation sites is 2. The average molecular weight is 276 g/mol.